The Hall–Kier alpha value is 0. The summed E-state index contributed by atoms with van der Waals surface area (Å²) >= 11 is 0. The zero-order chi connectivity index (χ0) is 11.8. The molecule has 9 rings (SSSR count). The summed E-state index contributed by atoms with van der Waals surface area (Å²) in [7, 11) is 0. The van der Waals surface area contributed by atoms with E-state index in [1.807, 2.05) is 0 Å². The monoisotopic (exact) mass is 250 g/mol. The Morgan fingerprint density at radius 3 is 0.947 bits per heavy atom. The molecule has 19 heavy (non-hydrogen) atoms. The fourth-order valence-corrected chi connectivity index (χ4v) is 10.3. The molecule has 0 aromatic heterocycles. The summed E-state index contributed by atoms with van der Waals surface area (Å²) in [5, 5.41) is 0. The highest BCUT2D eigenvalue weighted by Gasteiger charge is 3.14. The minimum absolute atomic E-state index is 0.987. The van der Waals surface area contributed by atoms with Gasteiger partial charge in [-0.15, -0.1) is 0 Å². The van der Waals surface area contributed by atoms with E-state index in [-0.39, 0.29) is 0 Å². The Bertz CT molecular complexity index is 624. The molecule has 0 heteroatoms. The van der Waals surface area contributed by atoms with Crippen molar-refractivity contribution in [1.29, 1.82) is 0 Å². The lowest BCUT2D eigenvalue weighted by atomic mass is 10.1. The van der Waals surface area contributed by atoms with Gasteiger partial charge in [0.25, 0.3) is 0 Å². The van der Waals surface area contributed by atoms with Crippen LogP contribution in [0.5, 0.6) is 0 Å². The van der Waals surface area contributed by atoms with Crippen molar-refractivity contribution in [2.24, 2.45) is 43.3 Å². The van der Waals surface area contributed by atoms with Crippen LogP contribution in [0.15, 0.2) is 0 Å². The molecule has 0 aromatic rings. The average Bonchev–Trinajstić information content (AvgIpc) is 3.10. The molecule has 0 unspecified atom stereocenters. The van der Waals surface area contributed by atoms with Gasteiger partial charge in [0.1, 0.15) is 0 Å². The molecule has 0 heterocycles. The van der Waals surface area contributed by atoms with E-state index in [0.29, 0.717) is 0 Å². The van der Waals surface area contributed by atoms with Crippen LogP contribution in [-0.4, -0.2) is 0 Å². The summed E-state index contributed by atoms with van der Waals surface area (Å²) in [5.74, 6) is 0. The van der Waals surface area contributed by atoms with E-state index in [1.54, 1.807) is 70.6 Å². The molecule has 0 nitrogen and oxygen atoms in total. The first-order valence-corrected chi connectivity index (χ1v) is 9.11. The molecule has 0 aromatic carbocycles. The van der Waals surface area contributed by atoms with Gasteiger partial charge in [-0.3, -0.25) is 0 Å². The molecule has 0 radical (unpaired) electrons. The van der Waals surface area contributed by atoms with Crippen molar-refractivity contribution in [2.45, 2.75) is 70.6 Å². The second kappa shape index (κ2) is 1.49. The van der Waals surface area contributed by atoms with Crippen molar-refractivity contribution in [1.82, 2.24) is 0 Å². The summed E-state index contributed by atoms with van der Waals surface area (Å²) in [4.78, 5) is 0. The lowest BCUT2D eigenvalue weighted by Crippen LogP contribution is -1.95. The van der Waals surface area contributed by atoms with Crippen LogP contribution < -0.4 is 0 Å². The van der Waals surface area contributed by atoms with Gasteiger partial charge in [-0.2, -0.15) is 0 Å². The van der Waals surface area contributed by atoms with Crippen LogP contribution >= 0.6 is 0 Å². The predicted molar refractivity (Wildman–Crippen MR) is 70.3 cm³/mol. The van der Waals surface area contributed by atoms with Gasteiger partial charge < -0.3 is 0 Å². The maximum absolute atomic E-state index is 1.73. The highest BCUT2D eigenvalue weighted by Crippen LogP contribution is 3.21. The fourth-order valence-electron chi connectivity index (χ4n) is 10.3. The molecule has 9 aliphatic rings. The highest BCUT2D eigenvalue weighted by atomic mass is 15.2. The summed E-state index contributed by atoms with van der Waals surface area (Å²) < 4.78 is 0. The van der Waals surface area contributed by atoms with Gasteiger partial charge in [0.2, 0.25) is 0 Å². The largest absolute Gasteiger partial charge is 0.0465 e. The highest BCUT2D eigenvalue weighted by molar-refractivity contribution is 5.62. The van der Waals surface area contributed by atoms with Crippen molar-refractivity contribution in [3.63, 3.8) is 0 Å². The molecule has 9 saturated carbocycles. The van der Waals surface area contributed by atoms with E-state index in [1.165, 1.54) is 0 Å². The Balaban J connectivity index is 1.14. The molecule has 0 aliphatic heterocycles. The fraction of sp³-hybridized carbons (Fsp3) is 1.00. The van der Waals surface area contributed by atoms with Crippen LogP contribution in [-0.2, 0) is 0 Å². The van der Waals surface area contributed by atoms with E-state index in [0.717, 1.165) is 43.3 Å². The van der Waals surface area contributed by atoms with E-state index in [4.69, 9.17) is 0 Å². The summed E-state index contributed by atoms with van der Waals surface area (Å²) in [5.41, 5.74) is 7.95. The van der Waals surface area contributed by atoms with Gasteiger partial charge in [0.05, 0.1) is 0 Å². The predicted octanol–water partition coefficient (Wildman–Crippen LogP) is 4.29. The molecule has 0 N–H and O–H groups in total. The zero-order valence-electron chi connectivity index (χ0n) is 11.8. The van der Waals surface area contributed by atoms with Crippen LogP contribution in [0, 0.1) is 43.3 Å². The molecule has 98 valence electrons. The van der Waals surface area contributed by atoms with Crippen molar-refractivity contribution < 1.29 is 0 Å². The van der Waals surface area contributed by atoms with Crippen molar-refractivity contribution in [3.8, 4) is 0 Å². The number of hydrogen-bond acceptors (Lipinski definition) is 0. The van der Waals surface area contributed by atoms with Crippen LogP contribution in [0.3, 0.4) is 0 Å². The van der Waals surface area contributed by atoms with Crippen molar-refractivity contribution in [3.05, 3.63) is 0 Å². The molecular formula is C19H22. The first-order valence-electron chi connectivity index (χ1n) is 9.11. The minimum Gasteiger partial charge on any atom is -0.0465 e. The van der Waals surface area contributed by atoms with Crippen LogP contribution in [0.2, 0.25) is 0 Å². The molecule has 8 spiro atoms. The smallest absolute Gasteiger partial charge is 0.0161 e. The lowest BCUT2D eigenvalue weighted by Gasteiger charge is -1.97. The Labute approximate surface area is 114 Å². The first-order chi connectivity index (χ1) is 9.11. The lowest BCUT2D eigenvalue weighted by molar-refractivity contribution is 0.484. The zero-order valence-corrected chi connectivity index (χ0v) is 11.8. The first kappa shape index (κ1) is 8.44. The van der Waals surface area contributed by atoms with Crippen molar-refractivity contribution in [2.75, 3.05) is 0 Å². The molecule has 9 aliphatic carbocycles. The normalized spacial score (nSPS) is 84.6. The second-order valence-electron chi connectivity index (χ2n) is 11.3. The van der Waals surface area contributed by atoms with Crippen LogP contribution in [0.25, 0.3) is 0 Å². The van der Waals surface area contributed by atoms with Crippen LogP contribution in [0.4, 0.5) is 0 Å². The molecular weight excluding hydrogens is 228 g/mol. The molecule has 9 fully saturated rings. The van der Waals surface area contributed by atoms with Gasteiger partial charge in [-0.1, -0.05) is 0 Å². The third-order valence-corrected chi connectivity index (χ3v) is 11.7. The average molecular weight is 250 g/mol. The molecule has 6 atom stereocenters. The van der Waals surface area contributed by atoms with E-state index in [9.17, 15) is 0 Å². The topological polar surface area (TPSA) is 0 Å². The quantitative estimate of drug-likeness (QED) is 0.601. The van der Waals surface area contributed by atoms with E-state index >= 15 is 0 Å². The Kier molecular flexibility index (Phi) is 0.664. The molecule has 0 bridgehead atoms. The summed E-state index contributed by atoms with van der Waals surface area (Å²) in [6, 6.07) is 0. The number of fused-ring (bicyclic) bond motifs is 7. The standard InChI is InChI=1S/C19H22/c1-2-12(1)5-14(12)7-16(14)9-18(16)11-19(18)10-17(19)8-15(17)6-13(15)3-4-13/h1-11H2/t14-,15-,16-,17-,18-,19-/m1/s1. The van der Waals surface area contributed by atoms with Gasteiger partial charge >= 0.3 is 0 Å². The number of rotatable bonds is 0. The maximum atomic E-state index is 1.73. The SMILES string of the molecule is C1CC12C[C@@]21C[C@@]12C[C@@]21C[C@@]12C[C@@]21C[C@@]12CC21CC1. The van der Waals surface area contributed by atoms with Gasteiger partial charge in [0.15, 0.2) is 0 Å². The minimum atomic E-state index is 0.987. The maximum Gasteiger partial charge on any atom is -0.0161 e. The Morgan fingerprint density at radius 1 is 0.316 bits per heavy atom. The van der Waals surface area contributed by atoms with Gasteiger partial charge in [-0.05, 0) is 114 Å². The Morgan fingerprint density at radius 2 is 0.632 bits per heavy atom. The summed E-state index contributed by atoms with van der Waals surface area (Å²) in [6.45, 7) is 0. The van der Waals surface area contributed by atoms with Gasteiger partial charge in [-0.25, -0.2) is 0 Å². The second-order valence-corrected chi connectivity index (χ2v) is 11.3. The van der Waals surface area contributed by atoms with Crippen LogP contribution in [0.1, 0.15) is 70.6 Å². The summed E-state index contributed by atoms with van der Waals surface area (Å²) in [6.07, 6.45) is 18.6. The van der Waals surface area contributed by atoms with E-state index < -0.39 is 0 Å². The van der Waals surface area contributed by atoms with Gasteiger partial charge in [0, 0.05) is 0 Å². The number of hydrogen-bond donors (Lipinski definition) is 0. The molecule has 0 amide bonds. The van der Waals surface area contributed by atoms with Crippen molar-refractivity contribution >= 4 is 0 Å². The third kappa shape index (κ3) is 0.452. The van der Waals surface area contributed by atoms with E-state index in [2.05, 4.69) is 0 Å². The third-order valence-electron chi connectivity index (χ3n) is 11.7. The molecule has 0 saturated heterocycles.